The van der Waals surface area contributed by atoms with Crippen molar-refractivity contribution in [3.8, 4) is 11.5 Å². The highest BCUT2D eigenvalue weighted by Gasteiger charge is 2.27. The summed E-state index contributed by atoms with van der Waals surface area (Å²) in [5.41, 5.74) is 0.613. The molecule has 1 aromatic carbocycles. The molecule has 3 N–H and O–H groups in total. The Bertz CT molecular complexity index is 688. The van der Waals surface area contributed by atoms with Gasteiger partial charge in [0.15, 0.2) is 11.5 Å². The second kappa shape index (κ2) is 12.5. The van der Waals surface area contributed by atoms with E-state index in [1.807, 2.05) is 15.7 Å². The number of phenolic OH excluding ortho intramolecular Hbond substituents is 1. The Morgan fingerprint density at radius 2 is 1.96 bits per heavy atom. The molecule has 0 heterocycles. The lowest BCUT2D eigenvalue weighted by atomic mass is 10.0. The molecule has 1 aromatic rings. The first-order valence-corrected chi connectivity index (χ1v) is 10.6. The van der Waals surface area contributed by atoms with Gasteiger partial charge in [0.2, 0.25) is 11.8 Å². The zero-order valence-electron chi connectivity index (χ0n) is 16.2. The molecule has 1 unspecified atom stereocenters. The number of rotatable bonds is 11. The molecule has 0 aromatic heterocycles. The maximum atomic E-state index is 12.6. The van der Waals surface area contributed by atoms with Gasteiger partial charge in [-0.1, -0.05) is 6.07 Å². The standard InChI is InChI=1S/C18H27N2O6PS/c1-4-25-18(24)14(9-12-5-6-16(26-27)15(22)10-12)20-17(23)13(7-8-28-3)19-11(2)21/h5-6,10,13-14,22H,4,7-9,27H2,1-3H3,(H,19,21)(H,20,23)/t13-,14-/m0/s1. The fourth-order valence-electron chi connectivity index (χ4n) is 2.48. The normalized spacial score (nSPS) is 12.6. The number of carbonyl (C=O) groups excluding carboxylic acids is 3. The first kappa shape index (κ1) is 24.0. The Hall–Kier alpha value is -1.99. The number of aromatic hydroxyl groups is 1. The van der Waals surface area contributed by atoms with Crippen LogP contribution in [0.3, 0.4) is 0 Å². The van der Waals surface area contributed by atoms with Crippen molar-refractivity contribution in [1.29, 1.82) is 0 Å². The van der Waals surface area contributed by atoms with E-state index < -0.39 is 24.0 Å². The van der Waals surface area contributed by atoms with Crippen LogP contribution >= 0.6 is 21.2 Å². The van der Waals surface area contributed by atoms with E-state index in [0.717, 1.165) is 0 Å². The molecule has 10 heteroatoms. The van der Waals surface area contributed by atoms with Crippen LogP contribution in [-0.2, 0) is 25.5 Å². The first-order valence-electron chi connectivity index (χ1n) is 8.74. The summed E-state index contributed by atoms with van der Waals surface area (Å²) in [6.45, 7) is 3.17. The van der Waals surface area contributed by atoms with Crippen LogP contribution in [-0.4, -0.2) is 53.6 Å². The lowest BCUT2D eigenvalue weighted by molar-refractivity contribution is -0.147. The van der Waals surface area contributed by atoms with Gasteiger partial charge in [-0.15, -0.1) is 0 Å². The summed E-state index contributed by atoms with van der Waals surface area (Å²) < 4.78 is 9.98. The highest BCUT2D eigenvalue weighted by Crippen LogP contribution is 2.28. The van der Waals surface area contributed by atoms with E-state index in [1.165, 1.54) is 13.0 Å². The predicted molar refractivity (Wildman–Crippen MR) is 111 cm³/mol. The van der Waals surface area contributed by atoms with E-state index in [9.17, 15) is 19.5 Å². The molecule has 0 aliphatic heterocycles. The molecule has 156 valence electrons. The van der Waals surface area contributed by atoms with Crippen LogP contribution in [0.15, 0.2) is 18.2 Å². The lowest BCUT2D eigenvalue weighted by Gasteiger charge is -2.22. The molecule has 3 atom stereocenters. The molecule has 0 aliphatic rings. The average molecular weight is 430 g/mol. The molecular formula is C18H27N2O6PS. The van der Waals surface area contributed by atoms with Crippen LogP contribution in [0, 0.1) is 0 Å². The van der Waals surface area contributed by atoms with Crippen LogP contribution in [0.5, 0.6) is 11.5 Å². The van der Waals surface area contributed by atoms with Gasteiger partial charge in [0.25, 0.3) is 0 Å². The minimum Gasteiger partial charge on any atom is -0.504 e. The smallest absolute Gasteiger partial charge is 0.328 e. The molecule has 0 spiro atoms. The third-order valence-corrected chi connectivity index (χ3v) is 4.68. The van der Waals surface area contributed by atoms with Crippen molar-refractivity contribution in [2.75, 3.05) is 18.6 Å². The summed E-state index contributed by atoms with van der Waals surface area (Å²) in [5.74, 6) is -0.519. The van der Waals surface area contributed by atoms with Crippen LogP contribution in [0.1, 0.15) is 25.8 Å². The minimum absolute atomic E-state index is 0.0856. The molecule has 0 radical (unpaired) electrons. The fraction of sp³-hybridized carbons (Fsp3) is 0.500. The third kappa shape index (κ3) is 7.94. The molecule has 2 amide bonds. The number of hydrogen-bond donors (Lipinski definition) is 3. The van der Waals surface area contributed by atoms with E-state index in [4.69, 9.17) is 9.26 Å². The topological polar surface area (TPSA) is 114 Å². The number of thioether (sulfide) groups is 1. The molecule has 0 saturated carbocycles. The number of phenols is 1. The van der Waals surface area contributed by atoms with Crippen molar-refractivity contribution >= 4 is 39.0 Å². The second-order valence-corrected chi connectivity index (χ2v) is 7.19. The lowest BCUT2D eigenvalue weighted by Crippen LogP contribution is -2.52. The van der Waals surface area contributed by atoms with Gasteiger partial charge in [0.1, 0.15) is 12.1 Å². The minimum atomic E-state index is -0.958. The Morgan fingerprint density at radius 1 is 1.25 bits per heavy atom. The van der Waals surface area contributed by atoms with Crippen molar-refractivity contribution in [2.24, 2.45) is 0 Å². The van der Waals surface area contributed by atoms with E-state index in [0.29, 0.717) is 17.7 Å². The van der Waals surface area contributed by atoms with Gasteiger partial charge in [-0.3, -0.25) is 9.59 Å². The van der Waals surface area contributed by atoms with Gasteiger partial charge in [-0.2, -0.15) is 11.8 Å². The molecule has 28 heavy (non-hydrogen) atoms. The van der Waals surface area contributed by atoms with E-state index >= 15 is 0 Å². The van der Waals surface area contributed by atoms with Crippen molar-refractivity contribution < 1.29 is 28.8 Å². The van der Waals surface area contributed by atoms with Crippen molar-refractivity contribution in [3.05, 3.63) is 23.8 Å². The summed E-state index contributed by atoms with van der Waals surface area (Å²) in [6, 6.07) is 2.98. The highest BCUT2D eigenvalue weighted by atomic mass is 32.2. The van der Waals surface area contributed by atoms with Gasteiger partial charge >= 0.3 is 5.97 Å². The van der Waals surface area contributed by atoms with Gasteiger partial charge in [0, 0.05) is 13.3 Å². The molecule has 0 saturated heterocycles. The van der Waals surface area contributed by atoms with E-state index in [1.54, 1.807) is 30.8 Å². The molecule has 8 nitrogen and oxygen atoms in total. The number of carbonyl (C=O) groups is 3. The summed E-state index contributed by atoms with van der Waals surface area (Å²) in [7, 11) is 2.04. The molecule has 0 bridgehead atoms. The second-order valence-electron chi connectivity index (χ2n) is 5.97. The van der Waals surface area contributed by atoms with Gasteiger partial charge in [0.05, 0.1) is 16.1 Å². The number of amides is 2. The predicted octanol–water partition coefficient (Wildman–Crippen LogP) is 1.41. The van der Waals surface area contributed by atoms with Crippen molar-refractivity contribution in [2.45, 2.75) is 38.8 Å². The zero-order valence-corrected chi connectivity index (χ0v) is 18.2. The Labute approximate surface area is 171 Å². The summed E-state index contributed by atoms with van der Waals surface area (Å²) in [5, 5.41) is 15.2. The van der Waals surface area contributed by atoms with Gasteiger partial charge in [-0.05, 0) is 43.0 Å². The Balaban J connectivity index is 2.96. The Morgan fingerprint density at radius 3 is 2.50 bits per heavy atom. The molecule has 0 fully saturated rings. The number of esters is 1. The van der Waals surface area contributed by atoms with Gasteiger partial charge in [-0.25, -0.2) is 4.79 Å². The van der Waals surface area contributed by atoms with Gasteiger partial charge < -0.3 is 25.0 Å². The maximum absolute atomic E-state index is 12.6. The number of hydrogen-bond acceptors (Lipinski definition) is 7. The molecule has 1 rings (SSSR count). The number of ether oxygens (including phenoxy) is 1. The summed E-state index contributed by atoms with van der Waals surface area (Å²) >= 11 is 1.55. The van der Waals surface area contributed by atoms with E-state index in [2.05, 4.69) is 10.6 Å². The fourth-order valence-corrected chi connectivity index (χ4v) is 3.15. The first-order chi connectivity index (χ1) is 13.3. The molecular weight excluding hydrogens is 403 g/mol. The zero-order chi connectivity index (χ0) is 21.1. The van der Waals surface area contributed by atoms with Crippen molar-refractivity contribution in [1.82, 2.24) is 10.6 Å². The number of benzene rings is 1. The number of nitrogens with one attached hydrogen (secondary N) is 2. The van der Waals surface area contributed by atoms with E-state index in [-0.39, 0.29) is 30.4 Å². The van der Waals surface area contributed by atoms with Crippen molar-refractivity contribution in [3.63, 3.8) is 0 Å². The quantitative estimate of drug-likeness (QED) is 0.359. The summed E-state index contributed by atoms with van der Waals surface area (Å²) in [4.78, 5) is 36.4. The van der Waals surface area contributed by atoms with Crippen LogP contribution < -0.4 is 15.2 Å². The third-order valence-electron chi connectivity index (χ3n) is 3.78. The largest absolute Gasteiger partial charge is 0.504 e. The molecule has 0 aliphatic carbocycles. The monoisotopic (exact) mass is 430 g/mol. The summed E-state index contributed by atoms with van der Waals surface area (Å²) in [6.07, 6.45) is 2.45. The Kier molecular flexibility index (Phi) is 10.7. The highest BCUT2D eigenvalue weighted by molar-refractivity contribution is 7.98. The SMILES string of the molecule is CCOC(=O)[C@H](Cc1ccc(OP)c(O)c1)NC(=O)[C@H](CCSC)NC(C)=O. The van der Waals surface area contributed by atoms with Crippen LogP contribution in [0.4, 0.5) is 0 Å². The average Bonchev–Trinajstić information content (AvgIpc) is 2.64. The van der Waals surface area contributed by atoms with Crippen LogP contribution in [0.2, 0.25) is 0 Å². The van der Waals surface area contributed by atoms with Crippen LogP contribution in [0.25, 0.3) is 0 Å². The maximum Gasteiger partial charge on any atom is 0.328 e.